The number of carbonyl (C=O) groups is 1. The summed E-state index contributed by atoms with van der Waals surface area (Å²) in [5.41, 5.74) is 1.23. The van der Waals surface area contributed by atoms with Gasteiger partial charge in [-0.3, -0.25) is 5.10 Å². The number of aromatic amines is 1. The van der Waals surface area contributed by atoms with Crippen molar-refractivity contribution in [3.63, 3.8) is 0 Å². The highest BCUT2D eigenvalue weighted by molar-refractivity contribution is 9.10. The minimum absolute atomic E-state index is 0.0309. The van der Waals surface area contributed by atoms with E-state index in [0.717, 1.165) is 4.47 Å². The number of hydrogen-bond donors (Lipinski definition) is 2. The van der Waals surface area contributed by atoms with Crippen LogP contribution >= 0.6 is 15.9 Å². The van der Waals surface area contributed by atoms with E-state index in [4.69, 9.17) is 14.6 Å². The van der Waals surface area contributed by atoms with Crippen molar-refractivity contribution in [1.29, 1.82) is 0 Å². The lowest BCUT2D eigenvalue weighted by Crippen LogP contribution is -2.16. The summed E-state index contributed by atoms with van der Waals surface area (Å²) in [6.45, 7) is 0.933. The van der Waals surface area contributed by atoms with Gasteiger partial charge in [-0.15, -0.1) is 0 Å². The molecular weight excluding hydrogens is 316 g/mol. The lowest BCUT2D eigenvalue weighted by molar-refractivity contribution is 0.0690. The third-order valence-corrected chi connectivity index (χ3v) is 3.35. The van der Waals surface area contributed by atoms with E-state index in [0.29, 0.717) is 36.0 Å². The maximum Gasteiger partial charge on any atom is 0.353 e. The monoisotopic (exact) mass is 324 g/mol. The molecule has 1 aliphatic rings. The number of H-pyrrole nitrogens is 1. The Morgan fingerprint density at radius 3 is 2.74 bits per heavy atom. The van der Waals surface area contributed by atoms with Crippen LogP contribution in [0.1, 0.15) is 10.5 Å². The molecule has 0 atom stereocenters. The number of aromatic carboxylic acids is 1. The van der Waals surface area contributed by atoms with E-state index >= 15 is 0 Å². The highest BCUT2D eigenvalue weighted by atomic mass is 79.9. The summed E-state index contributed by atoms with van der Waals surface area (Å²) in [5.74, 6) is 0.134. The summed E-state index contributed by atoms with van der Waals surface area (Å²) in [7, 11) is 0. The third-order valence-electron chi connectivity index (χ3n) is 2.72. The number of carboxylic acids is 1. The number of benzene rings is 1. The van der Waals surface area contributed by atoms with Crippen LogP contribution in [0.3, 0.4) is 0 Å². The van der Waals surface area contributed by atoms with Gasteiger partial charge in [0.05, 0.1) is 10.2 Å². The van der Waals surface area contributed by atoms with Crippen molar-refractivity contribution < 1.29 is 19.4 Å². The van der Waals surface area contributed by atoms with Gasteiger partial charge in [0, 0.05) is 5.56 Å². The van der Waals surface area contributed by atoms with Crippen molar-refractivity contribution >= 4 is 21.9 Å². The first-order valence-electron chi connectivity index (χ1n) is 5.54. The minimum Gasteiger partial charge on any atom is -0.485 e. The lowest BCUT2D eigenvalue weighted by atomic mass is 10.1. The van der Waals surface area contributed by atoms with Crippen molar-refractivity contribution in [3.8, 4) is 22.8 Å². The largest absolute Gasteiger partial charge is 0.485 e. The molecule has 1 aromatic heterocycles. The summed E-state index contributed by atoms with van der Waals surface area (Å²) in [5, 5.41) is 15.3. The molecule has 1 aromatic carbocycles. The number of rotatable bonds is 2. The maximum atomic E-state index is 10.9. The van der Waals surface area contributed by atoms with E-state index in [2.05, 4.69) is 26.1 Å². The molecule has 19 heavy (non-hydrogen) atoms. The zero-order chi connectivity index (χ0) is 13.4. The van der Waals surface area contributed by atoms with Crippen molar-refractivity contribution in [2.24, 2.45) is 0 Å². The van der Waals surface area contributed by atoms with Crippen LogP contribution in [0.2, 0.25) is 0 Å². The molecule has 0 aliphatic carbocycles. The van der Waals surface area contributed by atoms with Crippen LogP contribution < -0.4 is 9.47 Å². The van der Waals surface area contributed by atoms with Gasteiger partial charge in [0.15, 0.2) is 11.5 Å². The van der Waals surface area contributed by atoms with E-state index in [1.54, 1.807) is 6.07 Å². The molecule has 0 saturated heterocycles. The van der Waals surface area contributed by atoms with Crippen LogP contribution in [0.15, 0.2) is 22.7 Å². The Bertz CT molecular complexity index is 653. The normalized spacial score (nSPS) is 13.3. The Morgan fingerprint density at radius 1 is 1.32 bits per heavy atom. The Hall–Kier alpha value is -2.02. The molecule has 2 aromatic rings. The second-order valence-corrected chi connectivity index (χ2v) is 4.78. The molecule has 3 rings (SSSR count). The minimum atomic E-state index is -1.05. The molecule has 7 heteroatoms. The fraction of sp³-hybridized carbons (Fsp3) is 0.167. The van der Waals surface area contributed by atoms with E-state index in [9.17, 15) is 4.79 Å². The fourth-order valence-corrected chi connectivity index (χ4v) is 2.30. The van der Waals surface area contributed by atoms with Crippen LogP contribution in [0.25, 0.3) is 11.3 Å². The number of carboxylic acid groups (broad SMARTS) is 1. The first-order valence-corrected chi connectivity index (χ1v) is 6.33. The highest BCUT2D eigenvalue weighted by Crippen LogP contribution is 2.44. The summed E-state index contributed by atoms with van der Waals surface area (Å²) in [4.78, 5) is 10.9. The smallest absolute Gasteiger partial charge is 0.353 e. The number of halogens is 1. The van der Waals surface area contributed by atoms with Gasteiger partial charge in [-0.2, -0.15) is 5.10 Å². The zero-order valence-corrected chi connectivity index (χ0v) is 11.2. The van der Waals surface area contributed by atoms with Crippen molar-refractivity contribution in [2.45, 2.75) is 0 Å². The first-order chi connectivity index (χ1) is 9.16. The highest BCUT2D eigenvalue weighted by Gasteiger charge is 2.22. The van der Waals surface area contributed by atoms with Gasteiger partial charge in [-0.05, 0) is 34.1 Å². The standard InChI is InChI=1S/C12H9BrN2O4/c13-7-2-1-6(10-11(7)19-4-3-18-10)8-5-9(12(16)17)15-14-8/h1-2,5H,3-4H2,(H,14,15)(H,16,17). The molecule has 6 nitrogen and oxygen atoms in total. The average Bonchev–Trinajstić information content (AvgIpc) is 2.89. The van der Waals surface area contributed by atoms with E-state index < -0.39 is 5.97 Å². The Labute approximate surface area is 116 Å². The molecule has 2 N–H and O–H groups in total. The van der Waals surface area contributed by atoms with Gasteiger partial charge in [-0.25, -0.2) is 4.79 Å². The summed E-state index contributed by atoms with van der Waals surface area (Å²) in [6.07, 6.45) is 0. The van der Waals surface area contributed by atoms with Gasteiger partial charge in [0.2, 0.25) is 0 Å². The van der Waals surface area contributed by atoms with Crippen LogP contribution in [0, 0.1) is 0 Å². The van der Waals surface area contributed by atoms with E-state index in [1.807, 2.05) is 6.07 Å². The molecule has 98 valence electrons. The summed E-state index contributed by atoms with van der Waals surface area (Å²) >= 11 is 3.39. The Kier molecular flexibility index (Phi) is 2.90. The van der Waals surface area contributed by atoms with Gasteiger partial charge in [-0.1, -0.05) is 0 Å². The van der Waals surface area contributed by atoms with Crippen molar-refractivity contribution in [1.82, 2.24) is 10.2 Å². The number of ether oxygens (including phenoxy) is 2. The SMILES string of the molecule is O=C(O)c1cc(-c2ccc(Br)c3c2OCCO3)n[nH]1. The molecule has 0 bridgehead atoms. The average molecular weight is 325 g/mol. The number of aromatic nitrogens is 2. The molecule has 0 unspecified atom stereocenters. The second-order valence-electron chi connectivity index (χ2n) is 3.92. The van der Waals surface area contributed by atoms with Gasteiger partial charge in [0.25, 0.3) is 0 Å². The Balaban J connectivity index is 2.11. The predicted octanol–water partition coefficient (Wildman–Crippen LogP) is 2.31. The molecule has 2 heterocycles. The molecule has 0 spiro atoms. The number of nitrogens with zero attached hydrogens (tertiary/aromatic N) is 1. The number of hydrogen-bond acceptors (Lipinski definition) is 4. The van der Waals surface area contributed by atoms with Gasteiger partial charge >= 0.3 is 5.97 Å². The quantitative estimate of drug-likeness (QED) is 0.885. The number of fused-ring (bicyclic) bond motifs is 1. The van der Waals surface area contributed by atoms with E-state index in [1.165, 1.54) is 6.07 Å². The van der Waals surface area contributed by atoms with Crippen LogP contribution in [-0.4, -0.2) is 34.5 Å². The number of nitrogens with one attached hydrogen (secondary N) is 1. The van der Waals surface area contributed by atoms with Crippen LogP contribution in [0.5, 0.6) is 11.5 Å². The maximum absolute atomic E-state index is 10.9. The third kappa shape index (κ3) is 2.06. The van der Waals surface area contributed by atoms with Crippen molar-refractivity contribution in [2.75, 3.05) is 13.2 Å². The molecule has 0 saturated carbocycles. The lowest BCUT2D eigenvalue weighted by Gasteiger charge is -2.21. The second kappa shape index (κ2) is 4.58. The Morgan fingerprint density at radius 2 is 2.05 bits per heavy atom. The van der Waals surface area contributed by atoms with Crippen LogP contribution in [-0.2, 0) is 0 Å². The van der Waals surface area contributed by atoms with Crippen molar-refractivity contribution in [3.05, 3.63) is 28.4 Å². The summed E-state index contributed by atoms with van der Waals surface area (Å²) in [6, 6.07) is 5.08. The first kappa shape index (κ1) is 12.0. The van der Waals surface area contributed by atoms with E-state index in [-0.39, 0.29) is 5.69 Å². The topological polar surface area (TPSA) is 84.4 Å². The molecule has 0 amide bonds. The zero-order valence-electron chi connectivity index (χ0n) is 9.64. The molecule has 0 fully saturated rings. The molecular formula is C12H9BrN2O4. The molecule has 0 radical (unpaired) electrons. The summed E-state index contributed by atoms with van der Waals surface area (Å²) < 4.78 is 11.9. The predicted molar refractivity (Wildman–Crippen MR) is 69.7 cm³/mol. The van der Waals surface area contributed by atoms with Gasteiger partial charge < -0.3 is 14.6 Å². The van der Waals surface area contributed by atoms with Gasteiger partial charge in [0.1, 0.15) is 18.9 Å². The van der Waals surface area contributed by atoms with Crippen LogP contribution in [0.4, 0.5) is 0 Å². The molecule has 1 aliphatic heterocycles. The fourth-order valence-electron chi connectivity index (χ4n) is 1.87.